The van der Waals surface area contributed by atoms with Gasteiger partial charge in [-0.15, -0.1) is 0 Å². The molecule has 0 radical (unpaired) electrons. The first-order chi connectivity index (χ1) is 15.1. The summed E-state index contributed by atoms with van der Waals surface area (Å²) in [6.07, 6.45) is 5.55. The molecule has 0 saturated carbocycles. The molecule has 2 aromatic rings. The van der Waals surface area contributed by atoms with E-state index < -0.39 is 5.97 Å². The van der Waals surface area contributed by atoms with E-state index >= 15 is 0 Å². The summed E-state index contributed by atoms with van der Waals surface area (Å²) in [6, 6.07) is 15.3. The van der Waals surface area contributed by atoms with E-state index in [-0.39, 0.29) is 5.92 Å². The maximum atomic E-state index is 11.0. The highest BCUT2D eigenvalue weighted by atomic mass is 16.5. The molecule has 0 atom stereocenters. The van der Waals surface area contributed by atoms with Gasteiger partial charge in [0.05, 0.1) is 12.5 Å². The molecule has 0 aromatic heterocycles. The lowest BCUT2D eigenvalue weighted by Crippen LogP contribution is -2.50. The Balaban J connectivity index is 1.15. The molecule has 1 heterocycles. The van der Waals surface area contributed by atoms with Crippen molar-refractivity contribution in [2.45, 2.75) is 39.0 Å². The van der Waals surface area contributed by atoms with Crippen molar-refractivity contribution in [1.29, 1.82) is 0 Å². The lowest BCUT2D eigenvalue weighted by Gasteiger charge is -2.38. The average molecular weight is 418 g/mol. The summed E-state index contributed by atoms with van der Waals surface area (Å²) in [4.78, 5) is 13.3. The zero-order valence-corrected chi connectivity index (χ0v) is 18.3. The van der Waals surface area contributed by atoms with E-state index in [9.17, 15) is 4.79 Å². The van der Waals surface area contributed by atoms with Crippen molar-refractivity contribution in [3.8, 4) is 5.75 Å². The Labute approximate surface area is 184 Å². The number of allylic oxidation sites excluding steroid dienone is 1. The van der Waals surface area contributed by atoms with Crippen LogP contribution in [-0.2, 0) is 24.1 Å². The fourth-order valence-electron chi connectivity index (χ4n) is 5.42. The third-order valence-corrected chi connectivity index (χ3v) is 7.36. The largest absolute Gasteiger partial charge is 0.494 e. The molecule has 0 unspecified atom stereocenters. The van der Waals surface area contributed by atoms with Crippen molar-refractivity contribution in [2.75, 3.05) is 26.2 Å². The van der Waals surface area contributed by atoms with Crippen LogP contribution in [0.25, 0.3) is 5.57 Å². The zero-order valence-electron chi connectivity index (χ0n) is 18.3. The van der Waals surface area contributed by atoms with Gasteiger partial charge >= 0.3 is 5.97 Å². The van der Waals surface area contributed by atoms with Crippen LogP contribution in [0, 0.1) is 11.8 Å². The second-order valence-corrected chi connectivity index (χ2v) is 9.46. The van der Waals surface area contributed by atoms with Crippen molar-refractivity contribution in [3.63, 3.8) is 0 Å². The normalized spacial score (nSPS) is 19.1. The van der Waals surface area contributed by atoms with Crippen LogP contribution < -0.4 is 4.74 Å². The minimum atomic E-state index is -0.666. The van der Waals surface area contributed by atoms with E-state index in [1.54, 1.807) is 0 Å². The summed E-state index contributed by atoms with van der Waals surface area (Å²) >= 11 is 0. The van der Waals surface area contributed by atoms with E-state index in [2.05, 4.69) is 54.3 Å². The van der Waals surface area contributed by atoms with E-state index in [0.29, 0.717) is 19.0 Å². The van der Waals surface area contributed by atoms with Crippen LogP contribution in [0.5, 0.6) is 5.75 Å². The Morgan fingerprint density at radius 2 is 1.81 bits per heavy atom. The van der Waals surface area contributed by atoms with Crippen LogP contribution in [-0.4, -0.2) is 42.2 Å². The number of likely N-dealkylation sites (tertiary alicyclic amines) is 1. The number of nitrogens with zero attached hydrogens (tertiary/aromatic N) is 1. The molecule has 2 aliphatic carbocycles. The topological polar surface area (TPSA) is 49.8 Å². The van der Waals surface area contributed by atoms with Crippen LogP contribution in [0.1, 0.15) is 42.0 Å². The summed E-state index contributed by atoms with van der Waals surface area (Å²) < 4.78 is 6.14. The van der Waals surface area contributed by atoms with E-state index in [0.717, 1.165) is 38.2 Å². The second-order valence-electron chi connectivity index (χ2n) is 9.46. The van der Waals surface area contributed by atoms with Gasteiger partial charge in [0.2, 0.25) is 0 Å². The number of hydrogen-bond acceptors (Lipinski definition) is 3. The smallest absolute Gasteiger partial charge is 0.309 e. The monoisotopic (exact) mass is 417 g/mol. The summed E-state index contributed by atoms with van der Waals surface area (Å²) in [6.45, 7) is 5.24. The molecule has 4 heteroatoms. The van der Waals surface area contributed by atoms with Gasteiger partial charge in [-0.1, -0.05) is 35.9 Å². The first-order valence-corrected chi connectivity index (χ1v) is 11.5. The van der Waals surface area contributed by atoms with Crippen LogP contribution in [0.3, 0.4) is 0 Å². The lowest BCUT2D eigenvalue weighted by molar-refractivity contribution is -0.147. The Bertz CT molecular complexity index is 994. The molecule has 4 nitrogen and oxygen atoms in total. The number of hydrogen-bond donors (Lipinski definition) is 1. The molecule has 31 heavy (non-hydrogen) atoms. The van der Waals surface area contributed by atoms with Gasteiger partial charge in [0.25, 0.3) is 0 Å². The summed E-state index contributed by atoms with van der Waals surface area (Å²) in [5.41, 5.74) is 8.53. The Kier molecular flexibility index (Phi) is 5.58. The molecular weight excluding hydrogens is 386 g/mol. The van der Waals surface area contributed by atoms with Gasteiger partial charge in [0.15, 0.2) is 0 Å². The Hall–Kier alpha value is -2.59. The van der Waals surface area contributed by atoms with Crippen molar-refractivity contribution in [2.24, 2.45) is 11.8 Å². The highest BCUT2D eigenvalue weighted by molar-refractivity contribution is 5.73. The third-order valence-electron chi connectivity index (χ3n) is 7.36. The quantitative estimate of drug-likeness (QED) is 0.715. The molecule has 1 aliphatic heterocycles. The van der Waals surface area contributed by atoms with E-state index in [4.69, 9.17) is 9.84 Å². The molecular formula is C27H31NO3. The predicted molar refractivity (Wildman–Crippen MR) is 122 cm³/mol. The maximum absolute atomic E-state index is 11.0. The van der Waals surface area contributed by atoms with Crippen molar-refractivity contribution < 1.29 is 14.6 Å². The van der Waals surface area contributed by atoms with Crippen LogP contribution in [0.4, 0.5) is 0 Å². The highest BCUT2D eigenvalue weighted by Crippen LogP contribution is 2.35. The summed E-state index contributed by atoms with van der Waals surface area (Å²) in [7, 11) is 0. The van der Waals surface area contributed by atoms with Crippen molar-refractivity contribution in [1.82, 2.24) is 4.90 Å². The van der Waals surface area contributed by atoms with Gasteiger partial charge < -0.3 is 9.84 Å². The number of benzene rings is 2. The number of fused-ring (bicyclic) bond motifs is 2. The van der Waals surface area contributed by atoms with Crippen molar-refractivity contribution >= 4 is 11.5 Å². The molecule has 1 fully saturated rings. The van der Waals surface area contributed by atoms with Gasteiger partial charge in [-0.2, -0.15) is 0 Å². The summed E-state index contributed by atoms with van der Waals surface area (Å²) in [5.74, 6) is 0.832. The predicted octanol–water partition coefficient (Wildman–Crippen LogP) is 4.61. The molecule has 0 spiro atoms. The molecule has 162 valence electrons. The minimum Gasteiger partial charge on any atom is -0.494 e. The van der Waals surface area contributed by atoms with Crippen molar-refractivity contribution in [3.05, 3.63) is 70.3 Å². The van der Waals surface area contributed by atoms with E-state index in [1.165, 1.54) is 46.2 Å². The van der Waals surface area contributed by atoms with Gasteiger partial charge in [-0.3, -0.25) is 9.69 Å². The van der Waals surface area contributed by atoms with Gasteiger partial charge in [-0.25, -0.2) is 0 Å². The first kappa shape index (κ1) is 20.3. The average Bonchev–Trinajstić information content (AvgIpc) is 3.14. The van der Waals surface area contributed by atoms with Gasteiger partial charge in [0, 0.05) is 19.6 Å². The fourth-order valence-corrected chi connectivity index (χ4v) is 5.42. The van der Waals surface area contributed by atoms with Gasteiger partial charge in [0.1, 0.15) is 5.75 Å². The molecule has 2 aromatic carbocycles. The zero-order chi connectivity index (χ0) is 21.4. The molecule has 5 rings (SSSR count). The second kappa shape index (κ2) is 8.51. The molecule has 0 amide bonds. The van der Waals surface area contributed by atoms with Crippen LogP contribution in [0.15, 0.2) is 48.0 Å². The Morgan fingerprint density at radius 1 is 1.06 bits per heavy atom. The number of rotatable bonds is 7. The molecule has 3 aliphatic rings. The van der Waals surface area contributed by atoms with Crippen LogP contribution in [0.2, 0.25) is 0 Å². The number of aryl methyl sites for hydroxylation is 1. The summed E-state index contributed by atoms with van der Waals surface area (Å²) in [5, 5.41) is 9.08. The fraction of sp³-hybridized carbons (Fsp3) is 0.444. The van der Waals surface area contributed by atoms with Gasteiger partial charge in [-0.05, 0) is 84.9 Å². The number of carboxylic acid groups (broad SMARTS) is 1. The number of aliphatic carboxylic acids is 1. The number of carbonyl (C=O) groups is 1. The van der Waals surface area contributed by atoms with E-state index in [1.807, 2.05) is 0 Å². The highest BCUT2D eigenvalue weighted by Gasteiger charge is 2.33. The van der Waals surface area contributed by atoms with Crippen LogP contribution >= 0.6 is 0 Å². The maximum Gasteiger partial charge on any atom is 0.309 e. The molecule has 0 bridgehead atoms. The minimum absolute atomic E-state index is 0.185. The Morgan fingerprint density at radius 3 is 2.52 bits per heavy atom. The third kappa shape index (κ3) is 4.27. The SMILES string of the molecule is CC1=C(CN2CC(C(=O)O)C2)CCc2cc(OCCC3Cc4ccccc4C3)ccc21. The molecule has 1 saturated heterocycles. The standard InChI is InChI=1S/C27H31NO3/c1-18-23(15-28-16-24(17-28)27(29)30)7-6-22-14-25(8-9-26(18)22)31-11-10-19-12-20-4-2-3-5-21(20)13-19/h2-5,8-9,14,19,24H,6-7,10-13,15-17H2,1H3,(H,29,30). The first-order valence-electron chi connectivity index (χ1n) is 11.5. The lowest BCUT2D eigenvalue weighted by atomic mass is 9.85. The number of ether oxygens (including phenoxy) is 1. The number of carboxylic acids is 1. The molecule has 1 N–H and O–H groups in total.